The van der Waals surface area contributed by atoms with Crippen molar-refractivity contribution in [3.8, 4) is 0 Å². The Hall–Kier alpha value is -1.58. The first-order valence-corrected chi connectivity index (χ1v) is 6.42. The zero-order valence-corrected chi connectivity index (χ0v) is 11.5. The van der Waals surface area contributed by atoms with E-state index in [0.717, 1.165) is 11.1 Å². The molecule has 0 aliphatic heterocycles. The molecule has 0 saturated carbocycles. The molecule has 0 fully saturated rings. The summed E-state index contributed by atoms with van der Waals surface area (Å²) in [7, 11) is 1.85. The third-order valence-electron chi connectivity index (χ3n) is 2.98. The van der Waals surface area contributed by atoms with E-state index in [2.05, 4.69) is 0 Å². The van der Waals surface area contributed by atoms with E-state index < -0.39 is 0 Å². The number of nitrogens with zero attached hydrogens (tertiary/aromatic N) is 1. The molecule has 0 atom stereocenters. The first kappa shape index (κ1) is 13.8. The maximum Gasteiger partial charge on any atom is 0.146 e. The van der Waals surface area contributed by atoms with E-state index in [4.69, 9.17) is 17.3 Å². The lowest BCUT2D eigenvalue weighted by molar-refractivity contribution is 0.619. The Bertz CT molecular complexity index is 572. The molecule has 100 valence electrons. The van der Waals surface area contributed by atoms with Crippen molar-refractivity contribution in [2.75, 3.05) is 11.9 Å². The van der Waals surface area contributed by atoms with Crippen LogP contribution in [0.4, 0.5) is 10.1 Å². The minimum absolute atomic E-state index is 0.257. The molecular formula is C15H16ClFN2. The van der Waals surface area contributed by atoms with E-state index in [0.29, 0.717) is 23.8 Å². The van der Waals surface area contributed by atoms with E-state index >= 15 is 0 Å². The number of hydrogen-bond acceptors (Lipinski definition) is 2. The van der Waals surface area contributed by atoms with Crippen LogP contribution in [0.25, 0.3) is 0 Å². The van der Waals surface area contributed by atoms with Crippen LogP contribution in [0.2, 0.25) is 5.02 Å². The van der Waals surface area contributed by atoms with E-state index in [1.807, 2.05) is 42.3 Å². The molecule has 0 radical (unpaired) electrons. The van der Waals surface area contributed by atoms with Crippen LogP contribution in [-0.4, -0.2) is 7.05 Å². The second kappa shape index (κ2) is 6.04. The number of benzene rings is 2. The number of hydrogen-bond donors (Lipinski definition) is 1. The molecule has 0 bridgehead atoms. The van der Waals surface area contributed by atoms with Crippen LogP contribution < -0.4 is 10.6 Å². The molecule has 0 aromatic heterocycles. The van der Waals surface area contributed by atoms with Crippen LogP contribution in [0, 0.1) is 5.82 Å². The minimum Gasteiger partial charge on any atom is -0.368 e. The molecule has 0 amide bonds. The summed E-state index contributed by atoms with van der Waals surface area (Å²) in [6.07, 6.45) is 0. The quantitative estimate of drug-likeness (QED) is 0.926. The summed E-state index contributed by atoms with van der Waals surface area (Å²) in [6, 6.07) is 12.5. The third kappa shape index (κ3) is 3.25. The number of nitrogens with two attached hydrogens (primary N) is 1. The van der Waals surface area contributed by atoms with Crippen molar-refractivity contribution < 1.29 is 4.39 Å². The summed E-state index contributed by atoms with van der Waals surface area (Å²) < 4.78 is 13.9. The molecule has 0 aliphatic rings. The fourth-order valence-corrected chi connectivity index (χ4v) is 2.35. The van der Waals surface area contributed by atoms with Gasteiger partial charge in [0.05, 0.1) is 5.69 Å². The van der Waals surface area contributed by atoms with E-state index in [-0.39, 0.29) is 5.82 Å². The summed E-state index contributed by atoms with van der Waals surface area (Å²) in [5, 5.41) is 0.679. The molecule has 0 spiro atoms. The molecule has 19 heavy (non-hydrogen) atoms. The Labute approximate surface area is 117 Å². The van der Waals surface area contributed by atoms with Gasteiger partial charge in [0.1, 0.15) is 5.82 Å². The molecule has 0 heterocycles. The molecule has 0 saturated heterocycles. The highest BCUT2D eigenvalue weighted by Gasteiger charge is 2.12. The van der Waals surface area contributed by atoms with E-state index in [1.165, 1.54) is 6.07 Å². The molecule has 2 aromatic carbocycles. The predicted molar refractivity (Wildman–Crippen MR) is 77.9 cm³/mol. The summed E-state index contributed by atoms with van der Waals surface area (Å²) >= 11 is 5.95. The van der Waals surface area contributed by atoms with Crippen LogP contribution in [0.5, 0.6) is 0 Å². The average molecular weight is 279 g/mol. The molecule has 2 rings (SSSR count). The van der Waals surface area contributed by atoms with Gasteiger partial charge in [0.15, 0.2) is 0 Å². The predicted octanol–water partition coefficient (Wildman–Crippen LogP) is 3.57. The van der Waals surface area contributed by atoms with Gasteiger partial charge in [-0.25, -0.2) is 4.39 Å². The lowest BCUT2D eigenvalue weighted by Gasteiger charge is -2.23. The van der Waals surface area contributed by atoms with Crippen molar-refractivity contribution >= 4 is 17.3 Å². The average Bonchev–Trinajstić information content (AvgIpc) is 2.38. The second-order valence-electron chi connectivity index (χ2n) is 4.44. The van der Waals surface area contributed by atoms with Crippen molar-refractivity contribution in [1.29, 1.82) is 0 Å². The van der Waals surface area contributed by atoms with Crippen LogP contribution in [-0.2, 0) is 13.1 Å². The molecule has 4 heteroatoms. The summed E-state index contributed by atoms with van der Waals surface area (Å²) in [6.45, 7) is 0.890. The van der Waals surface area contributed by atoms with Crippen LogP contribution in [0.1, 0.15) is 11.1 Å². The summed E-state index contributed by atoms with van der Waals surface area (Å²) in [5.41, 5.74) is 8.03. The smallest absolute Gasteiger partial charge is 0.146 e. The highest BCUT2D eigenvalue weighted by molar-refractivity contribution is 6.30. The van der Waals surface area contributed by atoms with E-state index in [1.54, 1.807) is 6.07 Å². The number of rotatable bonds is 4. The topological polar surface area (TPSA) is 29.3 Å². The standard InChI is InChI=1S/C15H16ClFN2/c1-19(10-11-4-2-6-13(16)8-11)15-12(9-18)5-3-7-14(15)17/h2-8H,9-10,18H2,1H3. The lowest BCUT2D eigenvalue weighted by Crippen LogP contribution is -2.20. The Morgan fingerprint density at radius 1 is 1.21 bits per heavy atom. The SMILES string of the molecule is CN(Cc1cccc(Cl)c1)c1c(F)cccc1CN. The van der Waals surface area contributed by atoms with Gasteiger partial charge in [0, 0.05) is 25.2 Å². The van der Waals surface area contributed by atoms with Gasteiger partial charge in [-0.05, 0) is 29.3 Å². The van der Waals surface area contributed by atoms with E-state index in [9.17, 15) is 4.39 Å². The van der Waals surface area contributed by atoms with Crippen LogP contribution in [0.15, 0.2) is 42.5 Å². The maximum atomic E-state index is 13.9. The highest BCUT2D eigenvalue weighted by atomic mass is 35.5. The zero-order chi connectivity index (χ0) is 13.8. The lowest BCUT2D eigenvalue weighted by atomic mass is 10.1. The van der Waals surface area contributed by atoms with Crippen molar-refractivity contribution in [3.63, 3.8) is 0 Å². The van der Waals surface area contributed by atoms with Crippen LogP contribution >= 0.6 is 11.6 Å². The highest BCUT2D eigenvalue weighted by Crippen LogP contribution is 2.25. The van der Waals surface area contributed by atoms with Gasteiger partial charge in [-0.3, -0.25) is 0 Å². The molecule has 2 N–H and O–H groups in total. The first-order valence-electron chi connectivity index (χ1n) is 6.05. The minimum atomic E-state index is -0.257. The maximum absolute atomic E-state index is 13.9. The monoisotopic (exact) mass is 278 g/mol. The van der Waals surface area contributed by atoms with Crippen molar-refractivity contribution in [2.45, 2.75) is 13.1 Å². The number of anilines is 1. The molecule has 0 unspecified atom stereocenters. The molecule has 2 nitrogen and oxygen atoms in total. The summed E-state index contributed by atoms with van der Waals surface area (Å²) in [5.74, 6) is -0.257. The molecule has 2 aromatic rings. The Morgan fingerprint density at radius 2 is 1.95 bits per heavy atom. The Kier molecular flexibility index (Phi) is 4.40. The number of para-hydroxylation sites is 1. The van der Waals surface area contributed by atoms with Gasteiger partial charge in [0.25, 0.3) is 0 Å². The van der Waals surface area contributed by atoms with Crippen molar-refractivity contribution in [1.82, 2.24) is 0 Å². The van der Waals surface area contributed by atoms with Crippen LogP contribution in [0.3, 0.4) is 0 Å². The molecular weight excluding hydrogens is 263 g/mol. The van der Waals surface area contributed by atoms with Crippen molar-refractivity contribution in [2.24, 2.45) is 5.73 Å². The fraction of sp³-hybridized carbons (Fsp3) is 0.200. The van der Waals surface area contributed by atoms with Gasteiger partial charge in [-0.1, -0.05) is 35.9 Å². The normalized spacial score (nSPS) is 10.5. The Morgan fingerprint density at radius 3 is 2.63 bits per heavy atom. The van der Waals surface area contributed by atoms with Gasteiger partial charge < -0.3 is 10.6 Å². The fourth-order valence-electron chi connectivity index (χ4n) is 2.14. The van der Waals surface area contributed by atoms with Crippen molar-refractivity contribution in [3.05, 3.63) is 64.4 Å². The largest absolute Gasteiger partial charge is 0.368 e. The van der Waals surface area contributed by atoms with Gasteiger partial charge >= 0.3 is 0 Å². The summed E-state index contributed by atoms with van der Waals surface area (Å²) in [4.78, 5) is 1.85. The van der Waals surface area contributed by atoms with Gasteiger partial charge in [0.2, 0.25) is 0 Å². The third-order valence-corrected chi connectivity index (χ3v) is 3.22. The van der Waals surface area contributed by atoms with Gasteiger partial charge in [-0.2, -0.15) is 0 Å². The molecule has 0 aliphatic carbocycles. The Balaban J connectivity index is 2.27. The van der Waals surface area contributed by atoms with Gasteiger partial charge in [-0.15, -0.1) is 0 Å². The zero-order valence-electron chi connectivity index (χ0n) is 10.7. The first-order chi connectivity index (χ1) is 9.11. The number of halogens is 2. The second-order valence-corrected chi connectivity index (χ2v) is 4.87.